The average Bonchev–Trinajstić information content (AvgIpc) is 2.80. The van der Waals surface area contributed by atoms with Gasteiger partial charge in [0, 0.05) is 17.8 Å². The summed E-state index contributed by atoms with van der Waals surface area (Å²) in [5, 5.41) is 3.95. The molecular formula is C25H25N3O2S. The Morgan fingerprint density at radius 3 is 2.61 bits per heavy atom. The Morgan fingerprint density at radius 2 is 1.84 bits per heavy atom. The van der Waals surface area contributed by atoms with E-state index in [0.29, 0.717) is 17.9 Å². The fourth-order valence-electron chi connectivity index (χ4n) is 3.57. The molecule has 0 aliphatic carbocycles. The molecule has 2 amide bonds. The molecule has 1 N–H and O–H groups in total. The largest absolute Gasteiger partial charge is 0.350 e. The first-order chi connectivity index (χ1) is 15.1. The Kier molecular flexibility index (Phi) is 6.67. The summed E-state index contributed by atoms with van der Waals surface area (Å²) in [7, 11) is 0. The number of nitrogens with zero attached hydrogens (tertiary/aromatic N) is 2. The number of hydrogen-bond acceptors (Lipinski definition) is 4. The molecule has 31 heavy (non-hydrogen) atoms. The first-order valence-electron chi connectivity index (χ1n) is 10.4. The zero-order valence-corrected chi connectivity index (χ0v) is 18.3. The number of anilines is 1. The maximum Gasteiger partial charge on any atom is 0.251 e. The van der Waals surface area contributed by atoms with Crippen LogP contribution in [0.15, 0.2) is 78.0 Å². The van der Waals surface area contributed by atoms with Crippen LogP contribution in [0.3, 0.4) is 0 Å². The molecule has 1 aliphatic rings. The number of amides is 2. The molecule has 0 bridgehead atoms. The highest BCUT2D eigenvalue weighted by molar-refractivity contribution is 8.00. The molecule has 1 aromatic heterocycles. The number of carbonyl (C=O) groups excluding carboxylic acids is 2. The Bertz CT molecular complexity index is 1050. The number of hydrogen-bond donors (Lipinski definition) is 1. The number of aromatic nitrogens is 1. The number of pyridine rings is 1. The minimum Gasteiger partial charge on any atom is -0.350 e. The normalized spacial score (nSPS) is 14.1. The van der Waals surface area contributed by atoms with E-state index in [4.69, 9.17) is 0 Å². The molecule has 0 radical (unpaired) electrons. The topological polar surface area (TPSA) is 62.3 Å². The fraction of sp³-hybridized carbons (Fsp3) is 0.240. The lowest BCUT2D eigenvalue weighted by Gasteiger charge is -2.28. The quantitative estimate of drug-likeness (QED) is 0.600. The van der Waals surface area contributed by atoms with Crippen molar-refractivity contribution in [3.63, 3.8) is 0 Å². The van der Waals surface area contributed by atoms with Gasteiger partial charge in [0.15, 0.2) is 0 Å². The van der Waals surface area contributed by atoms with E-state index in [1.54, 1.807) is 11.1 Å². The fourth-order valence-corrected chi connectivity index (χ4v) is 4.44. The van der Waals surface area contributed by atoms with Gasteiger partial charge in [0.05, 0.1) is 18.0 Å². The molecule has 3 aromatic rings. The monoisotopic (exact) mass is 431 g/mol. The molecule has 0 fully saturated rings. The number of aryl methyl sites for hydroxylation is 1. The highest BCUT2D eigenvalue weighted by Crippen LogP contribution is 2.34. The van der Waals surface area contributed by atoms with Crippen molar-refractivity contribution in [2.24, 2.45) is 0 Å². The maximum atomic E-state index is 12.6. The number of fused-ring (bicyclic) bond motifs is 1. The van der Waals surface area contributed by atoms with E-state index >= 15 is 0 Å². The Morgan fingerprint density at radius 1 is 1.06 bits per heavy atom. The lowest BCUT2D eigenvalue weighted by Crippen LogP contribution is -2.35. The molecule has 4 rings (SSSR count). The van der Waals surface area contributed by atoms with Gasteiger partial charge in [-0.1, -0.05) is 54.2 Å². The van der Waals surface area contributed by atoms with Gasteiger partial charge in [0.1, 0.15) is 5.03 Å². The van der Waals surface area contributed by atoms with Crippen molar-refractivity contribution in [1.82, 2.24) is 10.3 Å². The third-order valence-electron chi connectivity index (χ3n) is 5.32. The van der Waals surface area contributed by atoms with Crippen LogP contribution in [0.4, 0.5) is 5.69 Å². The third-order valence-corrected chi connectivity index (χ3v) is 6.30. The molecular weight excluding hydrogens is 406 g/mol. The molecule has 1 atom stereocenters. The van der Waals surface area contributed by atoms with Gasteiger partial charge in [-0.2, -0.15) is 0 Å². The molecule has 5 nitrogen and oxygen atoms in total. The lowest BCUT2D eigenvalue weighted by atomic mass is 10.1. The van der Waals surface area contributed by atoms with Crippen LogP contribution in [0.25, 0.3) is 0 Å². The Balaban J connectivity index is 1.35. The van der Waals surface area contributed by atoms with Gasteiger partial charge < -0.3 is 10.2 Å². The second-order valence-corrected chi connectivity index (χ2v) is 8.66. The SMILES string of the molecule is C[C@@H](CCc1ccccc1)NC(=O)c1ccc(CN2C(=O)CSc3ncccc32)cc1. The maximum absolute atomic E-state index is 12.6. The van der Waals surface area contributed by atoms with E-state index in [-0.39, 0.29) is 17.9 Å². The van der Waals surface area contributed by atoms with Crippen molar-refractivity contribution in [3.05, 3.63) is 89.6 Å². The summed E-state index contributed by atoms with van der Waals surface area (Å²) in [5.74, 6) is 0.387. The van der Waals surface area contributed by atoms with Crippen LogP contribution >= 0.6 is 11.8 Å². The summed E-state index contributed by atoms with van der Waals surface area (Å²) in [6, 6.07) is 21.6. The van der Waals surface area contributed by atoms with Crippen molar-refractivity contribution < 1.29 is 9.59 Å². The van der Waals surface area contributed by atoms with Crippen LogP contribution in [-0.4, -0.2) is 28.6 Å². The van der Waals surface area contributed by atoms with Gasteiger partial charge in [-0.05, 0) is 55.2 Å². The lowest BCUT2D eigenvalue weighted by molar-refractivity contribution is -0.116. The van der Waals surface area contributed by atoms with Crippen LogP contribution in [0.5, 0.6) is 0 Å². The molecule has 0 spiro atoms. The van der Waals surface area contributed by atoms with Crippen molar-refractivity contribution >= 4 is 29.3 Å². The highest BCUT2D eigenvalue weighted by Gasteiger charge is 2.25. The predicted molar refractivity (Wildman–Crippen MR) is 124 cm³/mol. The van der Waals surface area contributed by atoms with Crippen molar-refractivity contribution in [3.8, 4) is 0 Å². The van der Waals surface area contributed by atoms with Crippen molar-refractivity contribution in [2.45, 2.75) is 37.4 Å². The molecule has 2 aromatic carbocycles. The molecule has 0 unspecified atom stereocenters. The highest BCUT2D eigenvalue weighted by atomic mass is 32.2. The summed E-state index contributed by atoms with van der Waals surface area (Å²) in [6.07, 6.45) is 3.56. The predicted octanol–water partition coefficient (Wildman–Crippen LogP) is 4.47. The van der Waals surface area contributed by atoms with Gasteiger partial charge in [0.2, 0.25) is 5.91 Å². The first-order valence-corrected chi connectivity index (χ1v) is 11.4. The van der Waals surface area contributed by atoms with Crippen molar-refractivity contribution in [2.75, 3.05) is 10.7 Å². The molecule has 0 saturated heterocycles. The molecule has 1 aliphatic heterocycles. The first kappa shape index (κ1) is 21.1. The number of thioether (sulfide) groups is 1. The number of nitrogens with one attached hydrogen (secondary N) is 1. The van der Waals surface area contributed by atoms with Gasteiger partial charge in [0.25, 0.3) is 5.91 Å². The Labute approximate surface area is 186 Å². The van der Waals surface area contributed by atoms with Crippen molar-refractivity contribution in [1.29, 1.82) is 0 Å². The standard InChI is InChI=1S/C25H25N3O2S/c1-18(9-10-19-6-3-2-4-7-19)27-24(30)21-13-11-20(12-14-21)16-28-22-8-5-15-26-25(22)31-17-23(28)29/h2-8,11-15,18H,9-10,16-17H2,1H3,(H,27,30)/t18-/m0/s1. The van der Waals surface area contributed by atoms with Gasteiger partial charge in [-0.25, -0.2) is 4.98 Å². The number of rotatable bonds is 7. The Hall–Kier alpha value is -3.12. The van der Waals surface area contributed by atoms with E-state index in [1.165, 1.54) is 17.3 Å². The second-order valence-electron chi connectivity index (χ2n) is 7.69. The van der Waals surface area contributed by atoms with E-state index in [9.17, 15) is 9.59 Å². The van der Waals surface area contributed by atoms with Crippen LogP contribution in [0, 0.1) is 0 Å². The summed E-state index contributed by atoms with van der Waals surface area (Å²) >= 11 is 1.47. The molecule has 2 heterocycles. The summed E-state index contributed by atoms with van der Waals surface area (Å²) < 4.78 is 0. The van der Waals surface area contributed by atoms with Crippen LogP contribution < -0.4 is 10.2 Å². The summed E-state index contributed by atoms with van der Waals surface area (Å²) in [4.78, 5) is 31.2. The van der Waals surface area contributed by atoms with E-state index in [1.807, 2.05) is 61.5 Å². The van der Waals surface area contributed by atoms with E-state index in [2.05, 4.69) is 22.4 Å². The minimum absolute atomic E-state index is 0.0690. The summed E-state index contributed by atoms with van der Waals surface area (Å²) in [6.45, 7) is 2.49. The molecule has 0 saturated carbocycles. The van der Waals surface area contributed by atoms with Crippen LogP contribution in [0.2, 0.25) is 0 Å². The second kappa shape index (κ2) is 9.79. The molecule has 158 valence electrons. The van der Waals surface area contributed by atoms with E-state index in [0.717, 1.165) is 29.1 Å². The zero-order valence-electron chi connectivity index (χ0n) is 17.5. The summed E-state index contributed by atoms with van der Waals surface area (Å²) in [5.41, 5.74) is 3.72. The minimum atomic E-state index is -0.0768. The number of carbonyl (C=O) groups is 2. The van der Waals surface area contributed by atoms with E-state index < -0.39 is 0 Å². The van der Waals surface area contributed by atoms with Crippen LogP contribution in [-0.2, 0) is 17.8 Å². The molecule has 6 heteroatoms. The third kappa shape index (κ3) is 5.33. The van der Waals surface area contributed by atoms with Crippen LogP contribution in [0.1, 0.15) is 34.8 Å². The van der Waals surface area contributed by atoms with Gasteiger partial charge in [-0.15, -0.1) is 0 Å². The number of benzene rings is 2. The van der Waals surface area contributed by atoms with Gasteiger partial charge >= 0.3 is 0 Å². The average molecular weight is 432 g/mol. The zero-order chi connectivity index (χ0) is 21.6. The van der Waals surface area contributed by atoms with Gasteiger partial charge in [-0.3, -0.25) is 9.59 Å². The smallest absolute Gasteiger partial charge is 0.251 e.